The summed E-state index contributed by atoms with van der Waals surface area (Å²) < 4.78 is 27.8. The number of aromatic nitrogens is 2. The number of nitrogens with zero attached hydrogens (tertiary/aromatic N) is 3. The van der Waals surface area contributed by atoms with Gasteiger partial charge in [-0.1, -0.05) is 17.4 Å². The molecule has 1 heterocycles. The van der Waals surface area contributed by atoms with Crippen LogP contribution in [0.2, 0.25) is 0 Å². The lowest BCUT2D eigenvalue weighted by Gasteiger charge is -2.20. The predicted octanol–water partition coefficient (Wildman–Crippen LogP) is 3.27. The van der Waals surface area contributed by atoms with Gasteiger partial charge in [-0.25, -0.2) is 13.1 Å². The Morgan fingerprint density at radius 3 is 2.67 bits per heavy atom. The smallest absolute Gasteiger partial charge is 0.284 e. The van der Waals surface area contributed by atoms with Gasteiger partial charge in [0.1, 0.15) is 0 Å². The fourth-order valence-corrected chi connectivity index (χ4v) is 5.17. The lowest BCUT2D eigenvalue weighted by molar-refractivity contribution is -0.388. The van der Waals surface area contributed by atoms with E-state index in [1.807, 2.05) is 0 Å². The average molecular weight is 430 g/mol. The van der Waals surface area contributed by atoms with Crippen molar-refractivity contribution in [2.75, 3.05) is 11.9 Å². The minimum absolute atomic E-state index is 0.168. The Balaban J connectivity index is 2.32. The van der Waals surface area contributed by atoms with Crippen molar-refractivity contribution in [2.24, 2.45) is 0 Å². The standard InChI is InChI=1S/C15H19N5O4S3/c1-5-8-16-13-17-18-14(26-13)25-12-7-6-10(9-11(12)20(21)22)27(23,24)19-15(2,3)4/h5-7,9,19H,1,8H2,2-4H3,(H,16,17). The van der Waals surface area contributed by atoms with Gasteiger partial charge in [0, 0.05) is 18.2 Å². The van der Waals surface area contributed by atoms with Crippen molar-refractivity contribution in [3.8, 4) is 0 Å². The van der Waals surface area contributed by atoms with E-state index in [1.165, 1.54) is 23.5 Å². The molecule has 0 saturated carbocycles. The molecule has 0 aliphatic carbocycles. The molecular formula is C15H19N5O4S3. The Kier molecular flexibility index (Phi) is 6.57. The van der Waals surface area contributed by atoms with Crippen LogP contribution in [-0.4, -0.2) is 35.6 Å². The highest BCUT2D eigenvalue weighted by molar-refractivity contribution is 8.01. The molecule has 0 amide bonds. The van der Waals surface area contributed by atoms with Crippen molar-refractivity contribution in [3.63, 3.8) is 0 Å². The Morgan fingerprint density at radius 2 is 2.07 bits per heavy atom. The third kappa shape index (κ3) is 5.99. The van der Waals surface area contributed by atoms with Crippen molar-refractivity contribution in [2.45, 2.75) is 40.4 Å². The maximum Gasteiger partial charge on any atom is 0.284 e. The molecule has 2 aromatic rings. The Bertz CT molecular complexity index is 951. The minimum Gasteiger partial charge on any atom is -0.357 e. The Morgan fingerprint density at radius 1 is 1.37 bits per heavy atom. The van der Waals surface area contributed by atoms with Crippen molar-refractivity contribution < 1.29 is 13.3 Å². The molecule has 0 radical (unpaired) electrons. The molecule has 0 atom stereocenters. The van der Waals surface area contributed by atoms with Gasteiger partial charge in [0.15, 0.2) is 4.34 Å². The summed E-state index contributed by atoms with van der Waals surface area (Å²) in [5, 5.41) is 22.9. The number of nitro groups is 1. The zero-order valence-electron chi connectivity index (χ0n) is 14.9. The van der Waals surface area contributed by atoms with Crippen LogP contribution in [0.25, 0.3) is 0 Å². The maximum absolute atomic E-state index is 12.4. The molecule has 0 aliphatic heterocycles. The zero-order chi connectivity index (χ0) is 20.2. The van der Waals surface area contributed by atoms with Gasteiger partial charge >= 0.3 is 0 Å². The largest absolute Gasteiger partial charge is 0.357 e. The van der Waals surface area contributed by atoms with Crippen LogP contribution in [0.15, 0.2) is 45.0 Å². The summed E-state index contributed by atoms with van der Waals surface area (Å²) >= 11 is 2.29. The summed E-state index contributed by atoms with van der Waals surface area (Å²) in [5.74, 6) is 0. The first-order valence-corrected chi connectivity index (χ1v) is 10.8. The highest BCUT2D eigenvalue weighted by atomic mass is 32.2. The van der Waals surface area contributed by atoms with Crippen LogP contribution in [0.1, 0.15) is 20.8 Å². The van der Waals surface area contributed by atoms with Gasteiger partial charge < -0.3 is 5.32 Å². The van der Waals surface area contributed by atoms with Gasteiger partial charge in [-0.15, -0.1) is 16.8 Å². The topological polar surface area (TPSA) is 127 Å². The molecule has 2 N–H and O–H groups in total. The van der Waals surface area contributed by atoms with E-state index in [4.69, 9.17) is 0 Å². The summed E-state index contributed by atoms with van der Waals surface area (Å²) in [6.45, 7) is 9.18. The molecule has 12 heteroatoms. The molecule has 0 spiro atoms. The van der Waals surface area contributed by atoms with Crippen molar-refractivity contribution in [1.29, 1.82) is 0 Å². The van der Waals surface area contributed by atoms with Crippen LogP contribution >= 0.6 is 23.1 Å². The van der Waals surface area contributed by atoms with Gasteiger partial charge in [0.05, 0.1) is 14.7 Å². The van der Waals surface area contributed by atoms with Crippen LogP contribution in [0, 0.1) is 10.1 Å². The summed E-state index contributed by atoms with van der Waals surface area (Å²) in [6.07, 6.45) is 1.67. The predicted molar refractivity (Wildman–Crippen MR) is 106 cm³/mol. The molecule has 0 unspecified atom stereocenters. The molecule has 146 valence electrons. The van der Waals surface area contributed by atoms with Crippen LogP contribution < -0.4 is 10.0 Å². The van der Waals surface area contributed by atoms with E-state index >= 15 is 0 Å². The number of sulfonamides is 1. The van der Waals surface area contributed by atoms with Crippen LogP contribution in [-0.2, 0) is 10.0 Å². The van der Waals surface area contributed by atoms with E-state index in [2.05, 4.69) is 26.8 Å². The highest BCUT2D eigenvalue weighted by Crippen LogP contribution is 2.38. The number of anilines is 1. The normalized spacial score (nSPS) is 12.0. The van der Waals surface area contributed by atoms with E-state index in [9.17, 15) is 18.5 Å². The molecule has 0 aliphatic rings. The number of benzene rings is 1. The summed E-state index contributed by atoms with van der Waals surface area (Å²) in [5.41, 5.74) is -1.02. The Hall–Kier alpha value is -2.02. The van der Waals surface area contributed by atoms with E-state index in [0.29, 0.717) is 16.0 Å². The third-order valence-corrected chi connectivity index (χ3v) is 6.63. The fraction of sp³-hybridized carbons (Fsp3) is 0.333. The molecule has 27 heavy (non-hydrogen) atoms. The second-order valence-electron chi connectivity index (χ2n) is 6.39. The summed E-state index contributed by atoms with van der Waals surface area (Å²) in [4.78, 5) is 10.9. The first kappa shape index (κ1) is 21.3. The van der Waals surface area contributed by atoms with Gasteiger partial charge in [-0.3, -0.25) is 10.1 Å². The number of nitro benzene ring substituents is 1. The molecule has 1 aromatic carbocycles. The third-order valence-electron chi connectivity index (χ3n) is 2.88. The fourth-order valence-electron chi connectivity index (χ4n) is 1.93. The monoisotopic (exact) mass is 429 g/mol. The number of hydrogen-bond acceptors (Lipinski definition) is 9. The van der Waals surface area contributed by atoms with Crippen LogP contribution in [0.3, 0.4) is 0 Å². The van der Waals surface area contributed by atoms with Crippen molar-refractivity contribution in [3.05, 3.63) is 41.0 Å². The van der Waals surface area contributed by atoms with E-state index < -0.39 is 20.5 Å². The van der Waals surface area contributed by atoms with Gasteiger partial charge in [-0.2, -0.15) is 0 Å². The molecule has 2 rings (SSSR count). The zero-order valence-corrected chi connectivity index (χ0v) is 17.4. The lowest BCUT2D eigenvalue weighted by atomic mass is 10.1. The first-order chi connectivity index (χ1) is 12.5. The van der Waals surface area contributed by atoms with E-state index in [1.54, 1.807) is 26.8 Å². The molecule has 9 nitrogen and oxygen atoms in total. The minimum atomic E-state index is -3.88. The number of nitrogens with one attached hydrogen (secondary N) is 2. The summed E-state index contributed by atoms with van der Waals surface area (Å²) in [6, 6.07) is 3.79. The van der Waals surface area contributed by atoms with Crippen molar-refractivity contribution >= 4 is 43.9 Å². The quantitative estimate of drug-likeness (QED) is 0.372. The van der Waals surface area contributed by atoms with Gasteiger partial charge in [0.2, 0.25) is 15.2 Å². The molecule has 0 saturated heterocycles. The van der Waals surface area contributed by atoms with Crippen LogP contribution in [0.5, 0.6) is 0 Å². The first-order valence-electron chi connectivity index (χ1n) is 7.70. The molecular weight excluding hydrogens is 410 g/mol. The Labute approximate surface area is 165 Å². The van der Waals surface area contributed by atoms with E-state index in [-0.39, 0.29) is 15.5 Å². The SMILES string of the molecule is C=CCNc1nnc(Sc2ccc(S(=O)(=O)NC(C)(C)C)cc2[N+](=O)[O-])s1. The molecule has 0 bridgehead atoms. The van der Waals surface area contributed by atoms with Crippen LogP contribution in [0.4, 0.5) is 10.8 Å². The highest BCUT2D eigenvalue weighted by Gasteiger charge is 2.26. The number of rotatable bonds is 8. The van der Waals surface area contributed by atoms with Crippen molar-refractivity contribution in [1.82, 2.24) is 14.9 Å². The average Bonchev–Trinajstić information content (AvgIpc) is 2.98. The molecule has 0 fully saturated rings. The lowest BCUT2D eigenvalue weighted by Crippen LogP contribution is -2.40. The maximum atomic E-state index is 12.4. The van der Waals surface area contributed by atoms with E-state index in [0.717, 1.165) is 17.8 Å². The summed E-state index contributed by atoms with van der Waals surface area (Å²) in [7, 11) is -3.88. The second kappa shape index (κ2) is 8.33. The second-order valence-corrected chi connectivity index (χ2v) is 10.3. The number of hydrogen-bond donors (Lipinski definition) is 2. The van der Waals surface area contributed by atoms with Gasteiger partial charge in [-0.05, 0) is 44.7 Å². The molecule has 1 aromatic heterocycles. The van der Waals surface area contributed by atoms with Gasteiger partial charge in [0.25, 0.3) is 5.69 Å².